The fraction of sp³-hybridized carbons (Fsp3) is 0.417. The summed E-state index contributed by atoms with van der Waals surface area (Å²) in [6.45, 7) is 0.896. The average molecular weight is 342 g/mol. The molecule has 1 aromatic rings. The van der Waals surface area contributed by atoms with Crippen LogP contribution in [-0.4, -0.2) is 40.5 Å². The van der Waals surface area contributed by atoms with Crippen molar-refractivity contribution in [1.29, 1.82) is 0 Å². The molecule has 1 amide bonds. The second-order valence-electron chi connectivity index (χ2n) is 4.14. The predicted molar refractivity (Wildman–Crippen MR) is 73.4 cm³/mol. The number of benzene rings is 1. The van der Waals surface area contributed by atoms with Gasteiger partial charge in [-0.3, -0.25) is 4.79 Å². The van der Waals surface area contributed by atoms with Crippen LogP contribution in [-0.2, 0) is 13.8 Å². The smallest absolute Gasteiger partial charge is 0.261 e. The minimum absolute atomic E-state index is 0.0306. The van der Waals surface area contributed by atoms with E-state index < -0.39 is 28.0 Å². The highest BCUT2D eigenvalue weighted by Gasteiger charge is 2.15. The van der Waals surface area contributed by atoms with Crippen molar-refractivity contribution >= 4 is 25.6 Å². The zero-order valence-electron chi connectivity index (χ0n) is 11.1. The monoisotopic (exact) mass is 341 g/mol. The molecule has 118 valence electrons. The maximum atomic E-state index is 11.9. The van der Waals surface area contributed by atoms with Crippen molar-refractivity contribution < 1.29 is 26.7 Å². The molecule has 0 radical (unpaired) electrons. The van der Waals surface area contributed by atoms with E-state index in [4.69, 9.17) is 10.7 Å². The predicted octanol–water partition coefficient (Wildman–Crippen LogP) is 1.93. The molecule has 0 aliphatic carbocycles. The molecule has 0 saturated heterocycles. The van der Waals surface area contributed by atoms with Gasteiger partial charge in [0.15, 0.2) is 0 Å². The van der Waals surface area contributed by atoms with E-state index >= 15 is 0 Å². The second-order valence-corrected chi connectivity index (χ2v) is 6.70. The van der Waals surface area contributed by atoms with Crippen molar-refractivity contribution in [3.05, 3.63) is 29.3 Å². The Morgan fingerprint density at radius 2 is 2.10 bits per heavy atom. The minimum atomic E-state index is -3.93. The second kappa shape index (κ2) is 7.67. The van der Waals surface area contributed by atoms with Crippen LogP contribution < -0.4 is 5.32 Å². The number of amides is 1. The van der Waals surface area contributed by atoms with Crippen LogP contribution in [0.1, 0.15) is 15.9 Å². The van der Waals surface area contributed by atoms with E-state index in [-0.39, 0.29) is 23.6 Å². The molecule has 1 aromatic carbocycles. The highest BCUT2D eigenvalue weighted by atomic mass is 35.7. The van der Waals surface area contributed by atoms with Crippen LogP contribution >= 0.6 is 10.7 Å². The molecule has 5 nitrogen and oxygen atoms in total. The number of hydrogen-bond donors (Lipinski definition) is 1. The molecule has 9 heteroatoms. The largest absolute Gasteiger partial charge is 0.374 e. The highest BCUT2D eigenvalue weighted by molar-refractivity contribution is 8.13. The number of alkyl halides is 2. The van der Waals surface area contributed by atoms with E-state index in [1.807, 2.05) is 0 Å². The Morgan fingerprint density at radius 1 is 1.43 bits per heavy atom. The van der Waals surface area contributed by atoms with Crippen LogP contribution in [0.4, 0.5) is 8.78 Å². The van der Waals surface area contributed by atoms with E-state index in [1.165, 1.54) is 12.1 Å². The summed E-state index contributed by atoms with van der Waals surface area (Å²) in [7, 11) is 1.28. The van der Waals surface area contributed by atoms with Gasteiger partial charge in [-0.1, -0.05) is 6.07 Å². The van der Waals surface area contributed by atoms with Crippen molar-refractivity contribution in [2.24, 2.45) is 0 Å². The number of carbonyl (C=O) groups excluding carboxylic acids is 1. The minimum Gasteiger partial charge on any atom is -0.374 e. The van der Waals surface area contributed by atoms with Gasteiger partial charge in [-0.15, -0.1) is 0 Å². The Kier molecular flexibility index (Phi) is 6.50. The molecule has 0 spiro atoms. The standard InChI is InChI=1S/C12H14ClF2NO4S/c1-8-2-3-9(21(13,18)19)6-10(8)12(17)16-4-5-20-7-11(14)15/h2-3,6,11H,4-5,7H2,1H3,(H,16,17). The Labute approximate surface area is 125 Å². The van der Waals surface area contributed by atoms with E-state index in [9.17, 15) is 22.0 Å². The van der Waals surface area contributed by atoms with Crippen molar-refractivity contribution in [3.63, 3.8) is 0 Å². The van der Waals surface area contributed by atoms with Crippen molar-refractivity contribution in [3.8, 4) is 0 Å². The van der Waals surface area contributed by atoms with Crippen molar-refractivity contribution in [1.82, 2.24) is 5.32 Å². The number of rotatable bonds is 7. The molecular formula is C12H14ClF2NO4S. The van der Waals surface area contributed by atoms with E-state index in [0.717, 1.165) is 6.07 Å². The van der Waals surface area contributed by atoms with Gasteiger partial charge in [0.1, 0.15) is 6.61 Å². The maximum absolute atomic E-state index is 11.9. The Balaban J connectivity index is 2.66. The molecule has 1 N–H and O–H groups in total. The Morgan fingerprint density at radius 3 is 2.67 bits per heavy atom. The van der Waals surface area contributed by atoms with Gasteiger partial charge < -0.3 is 10.1 Å². The molecule has 0 aliphatic heterocycles. The fourth-order valence-electron chi connectivity index (χ4n) is 1.50. The molecule has 21 heavy (non-hydrogen) atoms. The number of carbonyl (C=O) groups is 1. The average Bonchev–Trinajstić information content (AvgIpc) is 2.36. The molecule has 0 saturated carbocycles. The van der Waals surface area contributed by atoms with E-state index in [1.54, 1.807) is 6.92 Å². The first-order valence-electron chi connectivity index (χ1n) is 5.91. The molecule has 0 fully saturated rings. The van der Waals surface area contributed by atoms with Crippen LogP contribution in [0, 0.1) is 6.92 Å². The molecule has 1 rings (SSSR count). The lowest BCUT2D eigenvalue weighted by Gasteiger charge is -2.09. The van der Waals surface area contributed by atoms with Gasteiger partial charge in [0, 0.05) is 22.8 Å². The Bertz CT molecular complexity index is 607. The SMILES string of the molecule is Cc1ccc(S(=O)(=O)Cl)cc1C(=O)NCCOCC(F)F. The number of aryl methyl sites for hydroxylation is 1. The first kappa shape index (κ1) is 17.8. The van der Waals surface area contributed by atoms with Crippen LogP contribution in [0.5, 0.6) is 0 Å². The van der Waals surface area contributed by atoms with Crippen LogP contribution in [0.25, 0.3) is 0 Å². The maximum Gasteiger partial charge on any atom is 0.261 e. The number of halogens is 3. The Hall–Kier alpha value is -1.25. The summed E-state index contributed by atoms with van der Waals surface area (Å²) in [4.78, 5) is 11.7. The summed E-state index contributed by atoms with van der Waals surface area (Å²) >= 11 is 0. The van der Waals surface area contributed by atoms with Gasteiger partial charge in [0.25, 0.3) is 21.4 Å². The first-order valence-corrected chi connectivity index (χ1v) is 8.22. The summed E-state index contributed by atoms with van der Waals surface area (Å²) in [5, 5.41) is 2.45. The number of ether oxygens (including phenoxy) is 1. The molecule has 0 aliphatic rings. The summed E-state index contributed by atoms with van der Waals surface area (Å²) in [5.74, 6) is -0.532. The fourth-order valence-corrected chi connectivity index (χ4v) is 2.28. The number of hydrogen-bond acceptors (Lipinski definition) is 4. The van der Waals surface area contributed by atoms with E-state index in [0.29, 0.717) is 5.56 Å². The third-order valence-corrected chi connectivity index (χ3v) is 3.86. The van der Waals surface area contributed by atoms with Gasteiger partial charge >= 0.3 is 0 Å². The highest BCUT2D eigenvalue weighted by Crippen LogP contribution is 2.19. The number of nitrogens with one attached hydrogen (secondary N) is 1. The van der Waals surface area contributed by atoms with Gasteiger partial charge in [0.2, 0.25) is 0 Å². The van der Waals surface area contributed by atoms with Crippen LogP contribution in [0.15, 0.2) is 23.1 Å². The molecule has 0 aromatic heterocycles. The third kappa shape index (κ3) is 5.94. The van der Waals surface area contributed by atoms with Gasteiger partial charge in [0.05, 0.1) is 11.5 Å². The summed E-state index contributed by atoms with van der Waals surface area (Å²) in [6, 6.07) is 3.91. The first-order chi connectivity index (χ1) is 9.71. The quantitative estimate of drug-likeness (QED) is 0.607. The lowest BCUT2D eigenvalue weighted by atomic mass is 10.1. The molecule has 0 heterocycles. The van der Waals surface area contributed by atoms with Gasteiger partial charge in [-0.05, 0) is 24.6 Å². The van der Waals surface area contributed by atoms with Gasteiger partial charge in [-0.2, -0.15) is 0 Å². The topological polar surface area (TPSA) is 72.5 Å². The van der Waals surface area contributed by atoms with E-state index in [2.05, 4.69) is 10.1 Å². The van der Waals surface area contributed by atoms with Gasteiger partial charge in [-0.25, -0.2) is 17.2 Å². The van der Waals surface area contributed by atoms with Crippen molar-refractivity contribution in [2.45, 2.75) is 18.2 Å². The molecule has 0 atom stereocenters. The van der Waals surface area contributed by atoms with Crippen LogP contribution in [0.3, 0.4) is 0 Å². The summed E-state index contributed by atoms with van der Waals surface area (Å²) in [6.07, 6.45) is -2.56. The van der Waals surface area contributed by atoms with Crippen molar-refractivity contribution in [2.75, 3.05) is 19.8 Å². The van der Waals surface area contributed by atoms with Crippen LogP contribution in [0.2, 0.25) is 0 Å². The molecule has 0 bridgehead atoms. The molecular weight excluding hydrogens is 328 g/mol. The zero-order valence-corrected chi connectivity index (χ0v) is 12.7. The normalized spacial score (nSPS) is 11.7. The molecule has 0 unspecified atom stereocenters. The lowest BCUT2D eigenvalue weighted by molar-refractivity contribution is 0.0188. The summed E-state index contributed by atoms with van der Waals surface area (Å²) < 4.78 is 50.7. The third-order valence-electron chi connectivity index (χ3n) is 2.51. The zero-order chi connectivity index (χ0) is 16.0. The summed E-state index contributed by atoms with van der Waals surface area (Å²) in [5.41, 5.74) is 0.704. The lowest BCUT2D eigenvalue weighted by Crippen LogP contribution is -2.28.